The number of carbonyl (C=O) groups is 1. The summed E-state index contributed by atoms with van der Waals surface area (Å²) in [5.74, 6) is -0.555. The van der Waals surface area contributed by atoms with E-state index < -0.39 is 0 Å². The highest BCUT2D eigenvalue weighted by Gasteiger charge is 2.16. The van der Waals surface area contributed by atoms with E-state index in [1.165, 1.54) is 6.07 Å². The maximum atomic E-state index is 13.8. The third kappa shape index (κ3) is 5.06. The number of rotatable bonds is 7. The lowest BCUT2D eigenvalue weighted by molar-refractivity contribution is 0.0944. The summed E-state index contributed by atoms with van der Waals surface area (Å²) >= 11 is 0. The number of hydrogen-bond donors (Lipinski definition) is 4. The van der Waals surface area contributed by atoms with Gasteiger partial charge in [-0.2, -0.15) is 0 Å². The van der Waals surface area contributed by atoms with Gasteiger partial charge in [0.05, 0.1) is 12.3 Å². The van der Waals surface area contributed by atoms with Gasteiger partial charge in [0.15, 0.2) is 0 Å². The van der Waals surface area contributed by atoms with Crippen molar-refractivity contribution in [1.29, 1.82) is 5.41 Å². The average molecular weight is 391 g/mol. The molecule has 1 aliphatic carbocycles. The Morgan fingerprint density at radius 2 is 2.00 bits per heavy atom. The largest absolute Gasteiger partial charge is 0.395 e. The van der Waals surface area contributed by atoms with Crippen LogP contribution in [-0.2, 0) is 6.54 Å². The molecule has 148 valence electrons. The Balaban J connectivity index is 1.82. The summed E-state index contributed by atoms with van der Waals surface area (Å²) in [6.45, 7) is 0.355. The number of benzene rings is 2. The monoisotopic (exact) mass is 391 g/mol. The molecule has 0 saturated heterocycles. The summed E-state index contributed by atoms with van der Waals surface area (Å²) in [4.78, 5) is 12.2. The Hall–Kier alpha value is -3.51. The normalized spacial score (nSPS) is 14.6. The number of amides is 1. The molecular weight excluding hydrogens is 369 g/mol. The zero-order valence-electron chi connectivity index (χ0n) is 15.8. The van der Waals surface area contributed by atoms with Gasteiger partial charge in [0, 0.05) is 36.0 Å². The number of halogens is 1. The van der Waals surface area contributed by atoms with Crippen LogP contribution in [0.1, 0.15) is 21.5 Å². The Morgan fingerprint density at radius 1 is 1.17 bits per heavy atom. The average Bonchev–Trinajstić information content (AvgIpc) is 2.74. The lowest BCUT2D eigenvalue weighted by Crippen LogP contribution is -2.26. The minimum Gasteiger partial charge on any atom is -0.395 e. The van der Waals surface area contributed by atoms with Gasteiger partial charge >= 0.3 is 0 Å². The zero-order chi connectivity index (χ0) is 20.6. The van der Waals surface area contributed by atoms with Crippen LogP contribution < -0.4 is 10.6 Å². The SMILES string of the molecule is N=C1C=CC=C(c2cccc(C(=O)NCCO)c2)/C1=C/NCc1ccccc1F. The molecule has 6 heteroatoms. The fourth-order valence-electron chi connectivity index (χ4n) is 2.98. The van der Waals surface area contributed by atoms with Gasteiger partial charge in [-0.1, -0.05) is 42.5 Å². The molecule has 1 amide bonds. The second-order valence-corrected chi connectivity index (χ2v) is 6.44. The Bertz CT molecular complexity index is 1010. The summed E-state index contributed by atoms with van der Waals surface area (Å²) in [6.07, 6.45) is 7.03. The molecule has 0 bridgehead atoms. The van der Waals surface area contributed by atoms with Gasteiger partial charge in [-0.25, -0.2) is 4.39 Å². The van der Waals surface area contributed by atoms with Crippen LogP contribution in [0.15, 0.2) is 78.5 Å². The standard InChI is InChI=1S/C23H22FN3O2/c24-21-9-2-1-5-18(21)14-26-15-20-19(8-4-10-22(20)25)16-6-3-7-17(13-16)23(29)27-11-12-28/h1-10,13,15,25-26,28H,11-12,14H2,(H,27,29)/b20-15-,25-22?. The van der Waals surface area contributed by atoms with Crippen molar-refractivity contribution in [3.8, 4) is 0 Å². The van der Waals surface area contributed by atoms with Gasteiger partial charge in [0.2, 0.25) is 0 Å². The topological polar surface area (TPSA) is 85.2 Å². The molecule has 0 radical (unpaired) electrons. The van der Waals surface area contributed by atoms with Gasteiger partial charge in [-0.05, 0) is 35.4 Å². The van der Waals surface area contributed by atoms with Crippen LogP contribution in [0.5, 0.6) is 0 Å². The maximum Gasteiger partial charge on any atom is 0.251 e. The molecule has 2 aromatic carbocycles. The number of carbonyl (C=O) groups excluding carboxylic acids is 1. The van der Waals surface area contributed by atoms with Gasteiger partial charge < -0.3 is 21.1 Å². The summed E-state index contributed by atoms with van der Waals surface area (Å²) in [5.41, 5.74) is 3.55. The summed E-state index contributed by atoms with van der Waals surface area (Å²) in [5, 5.41) is 22.8. The van der Waals surface area contributed by atoms with E-state index in [0.29, 0.717) is 29.0 Å². The second-order valence-electron chi connectivity index (χ2n) is 6.44. The smallest absolute Gasteiger partial charge is 0.251 e. The zero-order valence-corrected chi connectivity index (χ0v) is 15.8. The molecule has 0 saturated carbocycles. The number of hydrogen-bond acceptors (Lipinski definition) is 4. The summed E-state index contributed by atoms with van der Waals surface area (Å²) in [6, 6.07) is 13.6. The van der Waals surface area contributed by atoms with Gasteiger partial charge in [-0.3, -0.25) is 4.79 Å². The van der Waals surface area contributed by atoms with Crippen LogP contribution >= 0.6 is 0 Å². The molecule has 0 heterocycles. The van der Waals surface area contributed by atoms with Crippen LogP contribution in [0.3, 0.4) is 0 Å². The molecule has 5 nitrogen and oxygen atoms in total. The van der Waals surface area contributed by atoms with E-state index in [1.807, 2.05) is 12.1 Å². The third-order valence-corrected chi connectivity index (χ3v) is 4.44. The molecule has 1 aliphatic rings. The van der Waals surface area contributed by atoms with Crippen molar-refractivity contribution in [2.75, 3.05) is 13.2 Å². The molecule has 0 aliphatic heterocycles. The minimum absolute atomic E-state index is 0.126. The van der Waals surface area contributed by atoms with Gasteiger partial charge in [0.25, 0.3) is 5.91 Å². The molecule has 0 unspecified atom stereocenters. The number of nitrogens with one attached hydrogen (secondary N) is 3. The predicted molar refractivity (Wildman–Crippen MR) is 112 cm³/mol. The molecule has 0 atom stereocenters. The Kier molecular flexibility index (Phi) is 6.71. The highest BCUT2D eigenvalue weighted by atomic mass is 19.1. The number of allylic oxidation sites excluding steroid dienone is 5. The van der Waals surface area contributed by atoms with Crippen LogP contribution in [-0.4, -0.2) is 29.9 Å². The number of aliphatic hydroxyl groups excluding tert-OH is 1. The maximum absolute atomic E-state index is 13.8. The van der Waals surface area contributed by atoms with E-state index in [4.69, 9.17) is 10.5 Å². The van der Waals surface area contributed by atoms with Crippen LogP contribution in [0.2, 0.25) is 0 Å². The van der Waals surface area contributed by atoms with Crippen molar-refractivity contribution >= 4 is 17.2 Å². The first kappa shape index (κ1) is 20.2. The van der Waals surface area contributed by atoms with Crippen molar-refractivity contribution in [3.05, 3.63) is 101 Å². The fourth-order valence-corrected chi connectivity index (χ4v) is 2.98. The first-order chi connectivity index (χ1) is 14.1. The van der Waals surface area contributed by atoms with E-state index in [2.05, 4.69) is 10.6 Å². The fraction of sp³-hybridized carbons (Fsp3) is 0.130. The quantitative estimate of drug-likeness (QED) is 0.585. The van der Waals surface area contributed by atoms with Gasteiger partial charge in [0.1, 0.15) is 5.82 Å². The van der Waals surface area contributed by atoms with E-state index in [1.54, 1.807) is 54.8 Å². The predicted octanol–water partition coefficient (Wildman–Crippen LogP) is 3.19. The molecule has 0 aromatic heterocycles. The van der Waals surface area contributed by atoms with E-state index in [0.717, 1.165) is 11.1 Å². The molecule has 0 spiro atoms. The summed E-state index contributed by atoms with van der Waals surface area (Å²) < 4.78 is 13.8. The van der Waals surface area contributed by atoms with E-state index >= 15 is 0 Å². The molecule has 2 aromatic rings. The minimum atomic E-state index is -0.283. The molecule has 4 N–H and O–H groups in total. The highest BCUT2D eigenvalue weighted by Crippen LogP contribution is 2.27. The Morgan fingerprint density at radius 3 is 2.79 bits per heavy atom. The first-order valence-electron chi connectivity index (χ1n) is 9.24. The van der Waals surface area contributed by atoms with Crippen molar-refractivity contribution in [2.45, 2.75) is 6.54 Å². The van der Waals surface area contributed by atoms with Crippen molar-refractivity contribution < 1.29 is 14.3 Å². The lowest BCUT2D eigenvalue weighted by Gasteiger charge is -2.16. The Labute approximate surface area is 168 Å². The third-order valence-electron chi connectivity index (χ3n) is 4.44. The van der Waals surface area contributed by atoms with E-state index in [9.17, 15) is 9.18 Å². The lowest BCUT2D eigenvalue weighted by atomic mass is 9.90. The van der Waals surface area contributed by atoms with E-state index in [-0.39, 0.29) is 24.9 Å². The van der Waals surface area contributed by atoms with Crippen LogP contribution in [0.25, 0.3) is 5.57 Å². The van der Waals surface area contributed by atoms with Crippen LogP contribution in [0.4, 0.5) is 4.39 Å². The first-order valence-corrected chi connectivity index (χ1v) is 9.24. The molecular formula is C23H22FN3O2. The molecule has 0 fully saturated rings. The van der Waals surface area contributed by atoms with Crippen molar-refractivity contribution in [3.63, 3.8) is 0 Å². The molecule has 29 heavy (non-hydrogen) atoms. The van der Waals surface area contributed by atoms with Gasteiger partial charge in [-0.15, -0.1) is 0 Å². The van der Waals surface area contributed by atoms with Crippen molar-refractivity contribution in [1.82, 2.24) is 10.6 Å². The summed E-state index contributed by atoms with van der Waals surface area (Å²) in [7, 11) is 0. The second kappa shape index (κ2) is 9.61. The molecule has 3 rings (SSSR count). The number of aliphatic hydroxyl groups is 1. The van der Waals surface area contributed by atoms with Crippen molar-refractivity contribution in [2.24, 2.45) is 0 Å². The highest BCUT2D eigenvalue weighted by molar-refractivity contribution is 6.19. The van der Waals surface area contributed by atoms with Crippen LogP contribution in [0, 0.1) is 11.2 Å².